The summed E-state index contributed by atoms with van der Waals surface area (Å²) >= 11 is 0. The van der Waals surface area contributed by atoms with Crippen molar-refractivity contribution in [3.63, 3.8) is 0 Å². The van der Waals surface area contributed by atoms with E-state index in [0.717, 1.165) is 0 Å². The number of alkyl halides is 26. The normalized spacial score (nSPS) is 15.0. The highest BCUT2D eigenvalue weighted by Gasteiger charge is 2.92. The van der Waals surface area contributed by atoms with Gasteiger partial charge in [0.2, 0.25) is 11.8 Å². The van der Waals surface area contributed by atoms with Gasteiger partial charge in [0.15, 0.2) is 0 Å². The Morgan fingerprint density at radius 1 is 0.359 bits per heavy atom. The number of quaternary nitrogens is 2. The van der Waals surface area contributed by atoms with Gasteiger partial charge in [0, 0.05) is 38.5 Å². The van der Waals surface area contributed by atoms with Crippen molar-refractivity contribution in [2.75, 3.05) is 67.5 Å². The van der Waals surface area contributed by atoms with E-state index >= 15 is 0 Å². The Morgan fingerprint density at radius 3 is 0.797 bits per heavy atom. The molecule has 0 saturated heterocycles. The molecule has 2 amide bonds. The average molecular weight is 1140 g/mol. The lowest BCUT2D eigenvalue weighted by atomic mass is 9.92. The van der Waals surface area contributed by atoms with Gasteiger partial charge in [-0.2, -0.15) is 114 Å². The number of rotatable bonds is 25. The van der Waals surface area contributed by atoms with Crippen LogP contribution in [-0.2, 0) is 9.59 Å². The van der Waals surface area contributed by atoms with Crippen LogP contribution in [0.15, 0.2) is 0 Å². The number of nitrogens with one attached hydrogen (secondary N) is 2. The fraction of sp³-hybridized carbons (Fsp3) is 0.933. The van der Waals surface area contributed by atoms with Gasteiger partial charge in [-0.15, -0.1) is 0 Å². The maximum atomic E-state index is 13.9. The van der Waals surface area contributed by atoms with Crippen LogP contribution in [0, 0.1) is 0 Å². The van der Waals surface area contributed by atoms with E-state index in [2.05, 4.69) is 0 Å². The van der Waals surface area contributed by atoms with E-state index in [1.165, 1.54) is 28.2 Å². The summed E-state index contributed by atoms with van der Waals surface area (Å²) in [6.45, 7) is -0.586. The monoisotopic (exact) mass is 1140 g/mol. The van der Waals surface area contributed by atoms with Gasteiger partial charge in [-0.3, -0.25) is 9.59 Å². The lowest BCUT2D eigenvalue weighted by Gasteiger charge is -2.39. The maximum Gasteiger partial charge on any atom is 0.460 e. The maximum absolute atomic E-state index is 13.9. The number of carbonyl (C=O) groups excluding carboxylic acids is 2. The predicted molar refractivity (Wildman–Crippen MR) is 159 cm³/mol. The van der Waals surface area contributed by atoms with E-state index in [1.54, 1.807) is 0 Å². The second-order valence-corrected chi connectivity index (χ2v) is 15.2. The Bertz CT molecular complexity index is 1410. The van der Waals surface area contributed by atoms with Crippen LogP contribution in [0.2, 0.25) is 0 Å². The Labute approximate surface area is 366 Å². The Morgan fingerprint density at radius 2 is 0.578 bits per heavy atom. The quantitative estimate of drug-likeness (QED) is 0.0840. The number of likely N-dealkylation sites (N-methyl/N-ethyl adjacent to an activating group) is 2. The van der Waals surface area contributed by atoms with Crippen LogP contribution >= 0.6 is 0 Å². The minimum atomic E-state index is -8.08. The molecule has 0 aromatic heterocycles. The van der Waals surface area contributed by atoms with Gasteiger partial charge in [-0.1, -0.05) is 0 Å². The van der Waals surface area contributed by atoms with E-state index in [1.807, 2.05) is 10.6 Å². The van der Waals surface area contributed by atoms with Gasteiger partial charge >= 0.3 is 71.6 Å². The van der Waals surface area contributed by atoms with Gasteiger partial charge in [-0.25, -0.2) is 0 Å². The number of halogens is 28. The summed E-state index contributed by atoms with van der Waals surface area (Å²) in [5.41, 5.74) is 0. The lowest BCUT2D eigenvalue weighted by Crippen LogP contribution is -3.00. The molecule has 34 heteroatoms. The molecule has 0 atom stereocenters. The van der Waals surface area contributed by atoms with Gasteiger partial charge in [0.25, 0.3) is 0 Å². The smallest absolute Gasteiger partial charge is 0.460 e. The van der Waals surface area contributed by atoms with Crippen molar-refractivity contribution in [1.29, 1.82) is 0 Å². The van der Waals surface area contributed by atoms with Crippen LogP contribution in [0.3, 0.4) is 0 Å². The van der Waals surface area contributed by atoms with Crippen LogP contribution in [0.25, 0.3) is 0 Å². The molecule has 386 valence electrons. The zero-order valence-electron chi connectivity index (χ0n) is 32.8. The lowest BCUT2D eigenvalue weighted by molar-refractivity contribution is -0.895. The molecule has 0 rings (SSSR count). The summed E-state index contributed by atoms with van der Waals surface area (Å²) in [7, 11) is 6.05. The zero-order valence-corrected chi connectivity index (χ0v) is 36.0. The van der Waals surface area contributed by atoms with Crippen LogP contribution < -0.4 is 44.6 Å². The Hall–Kier alpha value is -2.00. The molecule has 0 aliphatic heterocycles. The van der Waals surface area contributed by atoms with Crippen molar-refractivity contribution >= 4 is 11.8 Å². The average Bonchev–Trinajstić information content (AvgIpc) is 3.06. The molecule has 6 nitrogen and oxygen atoms in total. The highest BCUT2D eigenvalue weighted by molar-refractivity contribution is 5.76. The van der Waals surface area contributed by atoms with Gasteiger partial charge in [0.1, 0.15) is 0 Å². The highest BCUT2D eigenvalue weighted by Crippen LogP contribution is 2.62. The van der Waals surface area contributed by atoms with Gasteiger partial charge in [-0.05, 0) is 0 Å². The molecular weight excluding hydrogens is 1100 g/mol. The molecule has 0 saturated carbocycles. The van der Waals surface area contributed by atoms with Crippen molar-refractivity contribution < 1.29 is 167 Å². The summed E-state index contributed by atoms with van der Waals surface area (Å²) in [6, 6.07) is 0. The number of carbonyl (C=O) groups is 2. The molecule has 0 spiro atoms. The molecule has 0 fully saturated rings. The minimum absolute atomic E-state index is 0. The molecule has 0 heterocycles. The third-order valence-corrected chi connectivity index (χ3v) is 9.18. The van der Waals surface area contributed by atoms with E-state index in [9.17, 15) is 124 Å². The summed E-state index contributed by atoms with van der Waals surface area (Å²) in [5.74, 6) is -79.1. The fourth-order valence-corrected chi connectivity index (χ4v) is 4.94. The summed E-state index contributed by atoms with van der Waals surface area (Å²) in [4.78, 5) is 23.8. The Kier molecular flexibility index (Phi) is 21.9. The zero-order chi connectivity index (χ0) is 50.1. The fourth-order valence-electron chi connectivity index (χ4n) is 4.94. The Balaban J connectivity index is -0.0000186. The van der Waals surface area contributed by atoms with Crippen LogP contribution in [-0.4, -0.2) is 160 Å². The molecule has 0 aromatic rings. The van der Waals surface area contributed by atoms with E-state index in [0.29, 0.717) is 12.8 Å². The van der Waals surface area contributed by atoms with E-state index < -0.39 is 122 Å². The minimum Gasteiger partial charge on any atom is -1.00 e. The number of amides is 2. The largest absolute Gasteiger partial charge is 1.00 e. The second-order valence-electron chi connectivity index (χ2n) is 15.2. The first-order valence-electron chi connectivity index (χ1n) is 17.0. The van der Waals surface area contributed by atoms with E-state index in [4.69, 9.17) is 0 Å². The van der Waals surface area contributed by atoms with Crippen LogP contribution in [0.4, 0.5) is 114 Å². The van der Waals surface area contributed by atoms with Crippen molar-refractivity contribution in [3.05, 3.63) is 0 Å². The SMILES string of the molecule is C[N+](C)(CCCC[N+](C)(C)CCNC(=O)CCC(F)(F)C(F)(F)C(F)(F)C(F)(F)C(F)(F)C(F)(F)F)CCNC(=O)CCC(F)(F)C(F)(F)C(F)(F)C(F)(F)C(F)(F)C(F)(F)F.[Br-].[Br-]. The number of nitrogens with zero attached hydrogens (tertiary/aromatic N) is 2. The summed E-state index contributed by atoms with van der Waals surface area (Å²) in [5, 5.41) is 3.78. The molecule has 0 aliphatic carbocycles. The molecule has 0 aromatic carbocycles. The number of hydrogen-bond donors (Lipinski definition) is 2. The topological polar surface area (TPSA) is 58.2 Å². The van der Waals surface area contributed by atoms with Crippen molar-refractivity contribution in [2.24, 2.45) is 0 Å². The third kappa shape index (κ3) is 13.8. The second kappa shape index (κ2) is 21.1. The van der Waals surface area contributed by atoms with Gasteiger partial charge in [0.05, 0.1) is 67.5 Å². The molecule has 0 bridgehead atoms. The number of hydrogen-bond acceptors (Lipinski definition) is 2. The molecule has 0 unspecified atom stereocenters. The molecule has 2 N–H and O–H groups in total. The predicted octanol–water partition coefficient (Wildman–Crippen LogP) is 3.20. The molecular formula is C30H38Br2F26N4O2. The molecule has 0 aliphatic rings. The first kappa shape index (κ1) is 66.3. The highest BCUT2D eigenvalue weighted by atomic mass is 79.9. The van der Waals surface area contributed by atoms with Crippen molar-refractivity contribution in [1.82, 2.24) is 10.6 Å². The molecule has 64 heavy (non-hydrogen) atoms. The van der Waals surface area contributed by atoms with Crippen molar-refractivity contribution in [2.45, 2.75) is 110 Å². The van der Waals surface area contributed by atoms with E-state index in [-0.39, 0.29) is 69.1 Å². The summed E-state index contributed by atoms with van der Waals surface area (Å²) in [6.07, 6.45) is -23.6. The number of unbranched alkanes of at least 4 members (excludes halogenated alkanes) is 1. The van der Waals surface area contributed by atoms with Crippen molar-refractivity contribution in [3.8, 4) is 0 Å². The first-order valence-corrected chi connectivity index (χ1v) is 17.0. The summed E-state index contributed by atoms with van der Waals surface area (Å²) < 4.78 is 344. The van der Waals surface area contributed by atoms with Crippen LogP contribution in [0.1, 0.15) is 38.5 Å². The standard InChI is InChI=1S/C30H36F26N4O2.2BrH/c1-59(2,15-11-57-17(61)7-9-19(31,32)21(35,36)23(39,40)25(43,44)27(47,48)29(51,52)53)13-5-6-14-60(3,4)16-12-58-18(62)8-10-20(33,34)22(37,38)24(41,42)26(45,46)28(49,50)30(54,55)56;;/h5-16H2,1-4H3;2*1H. The van der Waals surface area contributed by atoms with Crippen LogP contribution in [0.5, 0.6) is 0 Å². The third-order valence-electron chi connectivity index (χ3n) is 9.18. The molecule has 0 radical (unpaired) electrons. The van der Waals surface area contributed by atoms with Gasteiger partial charge < -0.3 is 53.6 Å². The first-order chi connectivity index (χ1) is 26.9.